The SMILES string of the molecule is C=C/C=C\C(C)=C(/C)c1ccc(C=C)cc1.CC.CPc1ccc(C(C)C)cc1. The highest BCUT2D eigenvalue weighted by atomic mass is 31.1. The van der Waals surface area contributed by atoms with Gasteiger partial charge in [0.25, 0.3) is 0 Å². The number of hydrogen-bond donors (Lipinski definition) is 0. The summed E-state index contributed by atoms with van der Waals surface area (Å²) in [5.74, 6) is 0.657. The van der Waals surface area contributed by atoms with Crippen LogP contribution in [0.1, 0.15) is 64.2 Å². The van der Waals surface area contributed by atoms with Gasteiger partial charge in [0.2, 0.25) is 0 Å². The Balaban J connectivity index is 0.000000526. The van der Waals surface area contributed by atoms with Crippen LogP contribution in [0.15, 0.2) is 85.5 Å². The van der Waals surface area contributed by atoms with Crippen LogP contribution in [-0.4, -0.2) is 6.66 Å². The first-order valence-corrected chi connectivity index (χ1v) is 11.9. The highest BCUT2D eigenvalue weighted by Crippen LogP contribution is 2.19. The van der Waals surface area contributed by atoms with E-state index in [4.69, 9.17) is 0 Å². The van der Waals surface area contributed by atoms with Crippen LogP contribution in [0.25, 0.3) is 11.6 Å². The zero-order valence-corrected chi connectivity index (χ0v) is 20.4. The Labute approximate surface area is 181 Å². The summed E-state index contributed by atoms with van der Waals surface area (Å²) in [6, 6.07) is 17.3. The van der Waals surface area contributed by atoms with Gasteiger partial charge in [-0.05, 0) is 59.6 Å². The largest absolute Gasteiger partial charge is 0.0991 e. The third-order valence-electron chi connectivity index (χ3n) is 4.52. The molecular formula is C28H39P. The van der Waals surface area contributed by atoms with E-state index in [1.807, 2.05) is 26.0 Å². The van der Waals surface area contributed by atoms with E-state index in [0.717, 1.165) is 14.1 Å². The van der Waals surface area contributed by atoms with E-state index in [9.17, 15) is 0 Å². The molecule has 0 saturated heterocycles. The molecule has 0 saturated carbocycles. The summed E-state index contributed by atoms with van der Waals surface area (Å²) in [7, 11) is 0.920. The summed E-state index contributed by atoms with van der Waals surface area (Å²) >= 11 is 0. The predicted octanol–water partition coefficient (Wildman–Crippen LogP) is 8.64. The molecule has 0 bridgehead atoms. The topological polar surface area (TPSA) is 0 Å². The molecule has 0 aliphatic heterocycles. The average molecular weight is 407 g/mol. The zero-order chi connectivity index (χ0) is 22.2. The van der Waals surface area contributed by atoms with Gasteiger partial charge in [-0.2, -0.15) is 0 Å². The first-order chi connectivity index (χ1) is 13.9. The van der Waals surface area contributed by atoms with Crippen molar-refractivity contribution in [2.24, 2.45) is 0 Å². The van der Waals surface area contributed by atoms with Gasteiger partial charge in [-0.25, -0.2) is 0 Å². The van der Waals surface area contributed by atoms with Crippen LogP contribution in [0, 0.1) is 0 Å². The Morgan fingerprint density at radius 2 is 1.45 bits per heavy atom. The molecule has 0 spiro atoms. The fraction of sp³-hybridized carbons (Fsp3) is 0.286. The maximum atomic E-state index is 3.75. The van der Waals surface area contributed by atoms with Crippen molar-refractivity contribution < 1.29 is 0 Å². The van der Waals surface area contributed by atoms with E-state index in [1.54, 1.807) is 6.08 Å². The molecule has 0 fully saturated rings. The summed E-state index contributed by atoms with van der Waals surface area (Å²) in [5.41, 5.74) is 6.37. The molecule has 0 nitrogen and oxygen atoms in total. The van der Waals surface area contributed by atoms with E-state index >= 15 is 0 Å². The smallest absolute Gasteiger partial charge is 0.0219 e. The zero-order valence-electron chi connectivity index (χ0n) is 19.4. The molecule has 2 aromatic rings. The van der Waals surface area contributed by atoms with Gasteiger partial charge in [-0.1, -0.05) is 122 Å². The molecule has 0 radical (unpaired) electrons. The highest BCUT2D eigenvalue weighted by molar-refractivity contribution is 7.46. The van der Waals surface area contributed by atoms with Crippen LogP contribution < -0.4 is 5.30 Å². The summed E-state index contributed by atoms with van der Waals surface area (Å²) in [5, 5.41) is 1.45. The maximum absolute atomic E-state index is 3.75. The molecular weight excluding hydrogens is 367 g/mol. The Hall–Kier alpha value is -2.17. The van der Waals surface area contributed by atoms with Crippen molar-refractivity contribution in [2.75, 3.05) is 6.66 Å². The molecule has 2 aromatic carbocycles. The van der Waals surface area contributed by atoms with Crippen molar-refractivity contribution in [1.82, 2.24) is 0 Å². The number of benzene rings is 2. The van der Waals surface area contributed by atoms with Gasteiger partial charge < -0.3 is 0 Å². The normalized spacial score (nSPS) is 11.4. The molecule has 0 aromatic heterocycles. The average Bonchev–Trinajstić information content (AvgIpc) is 2.78. The minimum Gasteiger partial charge on any atom is -0.0991 e. The van der Waals surface area contributed by atoms with Crippen molar-refractivity contribution >= 4 is 25.5 Å². The fourth-order valence-corrected chi connectivity index (χ4v) is 2.97. The van der Waals surface area contributed by atoms with E-state index in [2.05, 4.69) is 102 Å². The van der Waals surface area contributed by atoms with Crippen molar-refractivity contribution in [3.8, 4) is 0 Å². The number of rotatable bonds is 6. The lowest BCUT2D eigenvalue weighted by Gasteiger charge is -2.05. The summed E-state index contributed by atoms with van der Waals surface area (Å²) < 4.78 is 0. The van der Waals surface area contributed by atoms with E-state index < -0.39 is 0 Å². The molecule has 0 amide bonds. The quantitative estimate of drug-likeness (QED) is 0.332. The molecule has 29 heavy (non-hydrogen) atoms. The van der Waals surface area contributed by atoms with Crippen molar-refractivity contribution in [3.05, 3.63) is 102 Å². The van der Waals surface area contributed by atoms with Gasteiger partial charge in [0.1, 0.15) is 0 Å². The monoisotopic (exact) mass is 406 g/mol. The lowest BCUT2D eigenvalue weighted by Crippen LogP contribution is -1.94. The van der Waals surface area contributed by atoms with Crippen LogP contribution >= 0.6 is 8.58 Å². The maximum Gasteiger partial charge on any atom is -0.0219 e. The predicted molar refractivity (Wildman–Crippen MR) is 140 cm³/mol. The third-order valence-corrected chi connectivity index (χ3v) is 5.43. The molecule has 0 N–H and O–H groups in total. The van der Waals surface area contributed by atoms with Gasteiger partial charge in [0.15, 0.2) is 0 Å². The fourth-order valence-electron chi connectivity index (χ4n) is 2.47. The van der Waals surface area contributed by atoms with Crippen molar-refractivity contribution in [1.29, 1.82) is 0 Å². The molecule has 0 heterocycles. The van der Waals surface area contributed by atoms with Crippen LogP contribution in [-0.2, 0) is 0 Å². The minimum absolute atomic E-state index is 0.657. The molecule has 1 heteroatoms. The van der Waals surface area contributed by atoms with E-state index in [1.165, 1.54) is 27.6 Å². The van der Waals surface area contributed by atoms with Crippen molar-refractivity contribution in [2.45, 2.75) is 47.5 Å². The minimum atomic E-state index is 0.657. The van der Waals surface area contributed by atoms with Gasteiger partial charge in [-0.3, -0.25) is 0 Å². The van der Waals surface area contributed by atoms with Crippen LogP contribution in [0.2, 0.25) is 0 Å². The number of hydrogen-bond acceptors (Lipinski definition) is 0. The Morgan fingerprint density at radius 1 is 0.897 bits per heavy atom. The lowest BCUT2D eigenvalue weighted by atomic mass is 10.0. The Kier molecular flexibility index (Phi) is 14.5. The molecule has 2 rings (SSSR count). The van der Waals surface area contributed by atoms with E-state index in [0.29, 0.717) is 5.92 Å². The molecule has 0 aliphatic rings. The molecule has 0 aliphatic carbocycles. The van der Waals surface area contributed by atoms with Gasteiger partial charge in [0, 0.05) is 0 Å². The van der Waals surface area contributed by atoms with Gasteiger partial charge in [-0.15, -0.1) is 0 Å². The Bertz CT molecular complexity index is 772. The van der Waals surface area contributed by atoms with E-state index in [-0.39, 0.29) is 0 Å². The summed E-state index contributed by atoms with van der Waals surface area (Å²) in [6.07, 6.45) is 7.67. The second kappa shape index (κ2) is 15.7. The highest BCUT2D eigenvalue weighted by Gasteiger charge is 1.98. The van der Waals surface area contributed by atoms with Crippen LogP contribution in [0.4, 0.5) is 0 Å². The molecule has 156 valence electrons. The standard InChI is InChI=1S/C16H18.C10H15P.C2H6/c1-5-7-8-13(3)14(4)16-11-9-15(6-2)10-12-16;1-8(2)9-4-6-10(11-3)7-5-9;1-2/h5-12H,1-2H2,3-4H3;4-8,11H,1-3H3;1-2H3/b8-7-,14-13+;;. The van der Waals surface area contributed by atoms with Gasteiger partial charge >= 0.3 is 0 Å². The van der Waals surface area contributed by atoms with Crippen LogP contribution in [0.3, 0.4) is 0 Å². The molecule has 1 unspecified atom stereocenters. The van der Waals surface area contributed by atoms with Crippen LogP contribution in [0.5, 0.6) is 0 Å². The first kappa shape index (κ1) is 26.8. The third kappa shape index (κ3) is 10.2. The van der Waals surface area contributed by atoms with Gasteiger partial charge in [0.05, 0.1) is 0 Å². The second-order valence-electron chi connectivity index (χ2n) is 6.76. The first-order valence-electron chi connectivity index (χ1n) is 10.4. The summed E-state index contributed by atoms with van der Waals surface area (Å²) in [6.45, 7) is 22.3. The lowest BCUT2D eigenvalue weighted by molar-refractivity contribution is 0.867. The Morgan fingerprint density at radius 3 is 1.86 bits per heavy atom. The second-order valence-corrected chi connectivity index (χ2v) is 7.83. The van der Waals surface area contributed by atoms with Crippen molar-refractivity contribution in [3.63, 3.8) is 0 Å². The summed E-state index contributed by atoms with van der Waals surface area (Å²) in [4.78, 5) is 0. The molecule has 1 atom stereocenters. The number of allylic oxidation sites excluding steroid dienone is 5.